The van der Waals surface area contributed by atoms with Crippen LogP contribution in [0.5, 0.6) is 0 Å². The van der Waals surface area contributed by atoms with Crippen LogP contribution < -0.4 is 5.32 Å². The molecular weight excluding hydrogens is 469 g/mol. The molecule has 184 valence electrons. The summed E-state index contributed by atoms with van der Waals surface area (Å²) in [4.78, 5) is 23.5. The van der Waals surface area contributed by atoms with Gasteiger partial charge in [-0.15, -0.1) is 0 Å². The zero-order valence-corrected chi connectivity index (χ0v) is 20.3. The molecule has 0 bridgehead atoms. The molecule has 37 heavy (non-hydrogen) atoms. The highest BCUT2D eigenvalue weighted by molar-refractivity contribution is 5.95. The Bertz CT molecular complexity index is 1710. The molecule has 0 radical (unpaired) electrons. The summed E-state index contributed by atoms with van der Waals surface area (Å²) in [6.07, 6.45) is 5.15. The number of anilines is 1. The molecule has 6 aromatic rings. The number of aromatic nitrogens is 7. The molecule has 0 amide bonds. The van der Waals surface area contributed by atoms with Gasteiger partial charge < -0.3 is 15.2 Å². The highest BCUT2D eigenvalue weighted by Crippen LogP contribution is 2.32. The van der Waals surface area contributed by atoms with Crippen LogP contribution in [0.2, 0.25) is 0 Å². The number of pyridine rings is 3. The highest BCUT2D eigenvalue weighted by Gasteiger charge is 2.18. The molecule has 1 aromatic carbocycles. The summed E-state index contributed by atoms with van der Waals surface area (Å²) < 4.78 is 14.6. The lowest BCUT2D eigenvalue weighted by Crippen LogP contribution is -2.20. The van der Waals surface area contributed by atoms with Gasteiger partial charge in [0, 0.05) is 48.5 Å². The normalized spacial score (nSPS) is 11.6. The van der Waals surface area contributed by atoms with E-state index in [-0.39, 0.29) is 5.82 Å². The molecule has 5 heterocycles. The predicted molar refractivity (Wildman–Crippen MR) is 142 cm³/mol. The second kappa shape index (κ2) is 9.40. The number of rotatable bonds is 7. The van der Waals surface area contributed by atoms with Crippen molar-refractivity contribution in [3.63, 3.8) is 0 Å². The van der Waals surface area contributed by atoms with Crippen molar-refractivity contribution in [1.29, 1.82) is 0 Å². The third-order valence-corrected chi connectivity index (χ3v) is 6.10. The Morgan fingerprint density at radius 1 is 0.946 bits per heavy atom. The van der Waals surface area contributed by atoms with Gasteiger partial charge in [0.15, 0.2) is 17.2 Å². The average molecular weight is 494 g/mol. The van der Waals surface area contributed by atoms with E-state index < -0.39 is 0 Å². The summed E-state index contributed by atoms with van der Waals surface area (Å²) in [6, 6.07) is 14.5. The summed E-state index contributed by atoms with van der Waals surface area (Å²) in [5.41, 5.74) is 7.27. The third-order valence-electron chi connectivity index (χ3n) is 6.10. The number of nitrogens with zero attached hydrogens (tertiary/aromatic N) is 6. The zero-order chi connectivity index (χ0) is 25.4. The molecule has 6 rings (SSSR count). The summed E-state index contributed by atoms with van der Waals surface area (Å²) >= 11 is 0. The molecule has 0 spiro atoms. The van der Waals surface area contributed by atoms with Gasteiger partial charge >= 0.3 is 0 Å². The molecule has 0 saturated carbocycles. The molecule has 0 unspecified atom stereocenters. The fraction of sp³-hybridized carbons (Fsp3) is 0.148. The quantitative estimate of drug-likeness (QED) is 0.295. The number of hydrogen-bond acceptors (Lipinski definition) is 7. The minimum absolute atomic E-state index is 0.319. The van der Waals surface area contributed by atoms with Crippen molar-refractivity contribution in [1.82, 2.24) is 40.0 Å². The third kappa shape index (κ3) is 4.50. The van der Waals surface area contributed by atoms with Crippen LogP contribution in [0.25, 0.3) is 56.1 Å². The smallest absolute Gasteiger partial charge is 0.178 e. The lowest BCUT2D eigenvalue weighted by molar-refractivity contribution is 0.425. The second-order valence-corrected chi connectivity index (χ2v) is 9.00. The molecular formula is C27H24FN9. The van der Waals surface area contributed by atoms with Crippen LogP contribution in [-0.2, 0) is 0 Å². The molecule has 9 nitrogen and oxygen atoms in total. The minimum atomic E-state index is -0.319. The van der Waals surface area contributed by atoms with Gasteiger partial charge in [-0.1, -0.05) is 0 Å². The lowest BCUT2D eigenvalue weighted by atomic mass is 10.0. The zero-order valence-electron chi connectivity index (χ0n) is 20.3. The number of benzene rings is 1. The minimum Gasteiger partial charge on any atom is -0.384 e. The van der Waals surface area contributed by atoms with Crippen molar-refractivity contribution in [3.8, 4) is 33.9 Å². The first-order valence-electron chi connectivity index (χ1n) is 11.9. The van der Waals surface area contributed by atoms with E-state index in [9.17, 15) is 4.39 Å². The maximum Gasteiger partial charge on any atom is 0.178 e. The second-order valence-electron chi connectivity index (χ2n) is 9.00. The maximum atomic E-state index is 14.6. The van der Waals surface area contributed by atoms with Crippen LogP contribution in [0.1, 0.15) is 0 Å². The fourth-order valence-electron chi connectivity index (χ4n) is 4.28. The molecule has 10 heteroatoms. The van der Waals surface area contributed by atoms with Crippen molar-refractivity contribution < 1.29 is 4.39 Å². The Balaban J connectivity index is 1.41. The number of H-pyrrole nitrogens is 2. The lowest BCUT2D eigenvalue weighted by Gasteiger charge is -2.13. The molecule has 0 aliphatic rings. The van der Waals surface area contributed by atoms with Crippen LogP contribution in [0.3, 0.4) is 0 Å². The molecule has 0 aliphatic heterocycles. The van der Waals surface area contributed by atoms with Crippen molar-refractivity contribution >= 4 is 27.9 Å². The van der Waals surface area contributed by atoms with Gasteiger partial charge in [-0.2, -0.15) is 5.10 Å². The summed E-state index contributed by atoms with van der Waals surface area (Å²) in [5, 5.41) is 10.8. The SMILES string of the molecule is CN(C)CCNc1cc(F)cc(-c2ccnc3nc(-c4n[nH]c5ccc(-c6ccncc6)nc45)[nH]c23)c1. The van der Waals surface area contributed by atoms with Crippen molar-refractivity contribution in [3.05, 3.63) is 72.9 Å². The number of likely N-dealkylation sites (N-methyl/N-ethyl adjacent to an activating group) is 1. The van der Waals surface area contributed by atoms with Gasteiger partial charge in [0.1, 0.15) is 11.3 Å². The largest absolute Gasteiger partial charge is 0.384 e. The maximum absolute atomic E-state index is 14.6. The van der Waals surface area contributed by atoms with E-state index in [1.165, 1.54) is 12.1 Å². The van der Waals surface area contributed by atoms with Gasteiger partial charge in [-0.3, -0.25) is 10.1 Å². The molecule has 0 fully saturated rings. The van der Waals surface area contributed by atoms with E-state index in [1.54, 1.807) is 18.6 Å². The van der Waals surface area contributed by atoms with E-state index in [2.05, 4.69) is 35.4 Å². The highest BCUT2D eigenvalue weighted by atomic mass is 19.1. The molecule has 5 aromatic heterocycles. The van der Waals surface area contributed by atoms with Gasteiger partial charge in [-0.05, 0) is 68.2 Å². The first kappa shape index (κ1) is 22.7. The number of hydrogen-bond donors (Lipinski definition) is 3. The Labute approximate surface area is 211 Å². The predicted octanol–water partition coefficient (Wildman–Crippen LogP) is 4.74. The van der Waals surface area contributed by atoms with Crippen LogP contribution in [0.4, 0.5) is 10.1 Å². The van der Waals surface area contributed by atoms with Crippen molar-refractivity contribution in [2.24, 2.45) is 0 Å². The van der Waals surface area contributed by atoms with Crippen LogP contribution >= 0.6 is 0 Å². The Morgan fingerprint density at radius 2 is 1.81 bits per heavy atom. The fourth-order valence-corrected chi connectivity index (χ4v) is 4.28. The first-order chi connectivity index (χ1) is 18.0. The number of aromatic amines is 2. The van der Waals surface area contributed by atoms with E-state index in [0.717, 1.165) is 34.4 Å². The monoisotopic (exact) mass is 493 g/mol. The van der Waals surface area contributed by atoms with Crippen LogP contribution in [0.15, 0.2) is 67.1 Å². The van der Waals surface area contributed by atoms with E-state index >= 15 is 0 Å². The summed E-state index contributed by atoms with van der Waals surface area (Å²) in [6.45, 7) is 1.54. The standard InChI is InChI=1S/C27H24FN9/c1-37(2)12-11-30-19-14-17(13-18(28)15-19)20-7-10-31-26-23(20)33-27(34-26)25-24-22(35-36-25)4-3-21(32-24)16-5-8-29-9-6-16/h3-10,13-15,30H,11-12H2,1-2H3,(H,35,36)(H,31,33,34). The Morgan fingerprint density at radius 3 is 2.65 bits per heavy atom. The number of nitrogens with one attached hydrogen (secondary N) is 3. The summed E-state index contributed by atoms with van der Waals surface area (Å²) in [7, 11) is 4.00. The van der Waals surface area contributed by atoms with Gasteiger partial charge in [0.2, 0.25) is 0 Å². The number of fused-ring (bicyclic) bond motifs is 2. The van der Waals surface area contributed by atoms with Gasteiger partial charge in [-0.25, -0.2) is 19.3 Å². The van der Waals surface area contributed by atoms with E-state index in [0.29, 0.717) is 40.4 Å². The van der Waals surface area contributed by atoms with Gasteiger partial charge in [0.25, 0.3) is 0 Å². The molecule has 0 atom stereocenters. The van der Waals surface area contributed by atoms with Crippen LogP contribution in [-0.4, -0.2) is 67.2 Å². The van der Waals surface area contributed by atoms with Crippen LogP contribution in [0, 0.1) is 5.82 Å². The number of imidazole rings is 1. The Kier molecular flexibility index (Phi) is 5.78. The van der Waals surface area contributed by atoms with E-state index in [1.807, 2.05) is 50.5 Å². The topological polar surface area (TPSA) is 111 Å². The average Bonchev–Trinajstić information content (AvgIpc) is 3.52. The molecule has 0 aliphatic carbocycles. The first-order valence-corrected chi connectivity index (χ1v) is 11.9. The molecule has 3 N–H and O–H groups in total. The summed E-state index contributed by atoms with van der Waals surface area (Å²) in [5.74, 6) is 0.210. The Hall–Kier alpha value is -4.70. The van der Waals surface area contributed by atoms with Crippen molar-refractivity contribution in [2.75, 3.05) is 32.5 Å². The van der Waals surface area contributed by atoms with E-state index in [4.69, 9.17) is 9.97 Å². The van der Waals surface area contributed by atoms with Gasteiger partial charge in [0.05, 0.1) is 16.7 Å². The van der Waals surface area contributed by atoms with Crippen molar-refractivity contribution in [2.45, 2.75) is 0 Å². The number of halogens is 1. The molecule has 0 saturated heterocycles.